The summed E-state index contributed by atoms with van der Waals surface area (Å²) in [5.41, 5.74) is -6.51. The normalized spacial score (nSPS) is 25.0. The Labute approximate surface area is 181 Å². The van der Waals surface area contributed by atoms with Gasteiger partial charge >= 0.3 is 45.3 Å². The lowest BCUT2D eigenvalue weighted by molar-refractivity contribution is -0.399. The molecule has 2 aliphatic carbocycles. The van der Waals surface area contributed by atoms with Crippen LogP contribution in [0.3, 0.4) is 0 Å². The first-order valence-electron chi connectivity index (χ1n) is 9.25. The van der Waals surface area contributed by atoms with Crippen molar-refractivity contribution in [2.45, 2.75) is 61.9 Å². The summed E-state index contributed by atoms with van der Waals surface area (Å²) in [5, 5.41) is -6.19. The first-order chi connectivity index (χ1) is 14.7. The van der Waals surface area contributed by atoms with Gasteiger partial charge in [-0.2, -0.15) is 43.5 Å². The molecular weight excluding hydrogens is 500 g/mol. The largest absolute Gasteiger partial charge is 0.465 e. The number of carbonyl (C=O) groups excluding carboxylic acids is 2. The fourth-order valence-electron chi connectivity index (χ4n) is 4.32. The highest BCUT2D eigenvalue weighted by molar-refractivity contribution is 7.87. The molecule has 0 amide bonds. The van der Waals surface area contributed by atoms with Gasteiger partial charge < -0.3 is 9.47 Å². The third-order valence-corrected chi connectivity index (χ3v) is 6.64. The molecule has 190 valence electrons. The van der Waals surface area contributed by atoms with Crippen molar-refractivity contribution in [1.29, 1.82) is 0 Å². The second-order valence-corrected chi connectivity index (χ2v) is 9.52. The average Bonchev–Trinajstić information content (AvgIpc) is 3.24. The lowest BCUT2D eigenvalue weighted by Crippen LogP contribution is -2.70. The quantitative estimate of drug-likeness (QED) is 0.237. The van der Waals surface area contributed by atoms with Gasteiger partial charge in [-0.25, -0.2) is 9.59 Å². The van der Waals surface area contributed by atoms with Crippen molar-refractivity contribution in [3.05, 3.63) is 12.2 Å². The predicted molar refractivity (Wildman–Crippen MR) is 91.1 cm³/mol. The number of halogens is 8. The van der Waals surface area contributed by atoms with Crippen LogP contribution in [-0.2, 0) is 29.2 Å². The lowest BCUT2D eigenvalue weighted by Gasteiger charge is -2.45. The number of esters is 2. The Balaban J connectivity index is 2.74. The van der Waals surface area contributed by atoms with Crippen molar-refractivity contribution in [1.82, 2.24) is 0 Å². The molecule has 0 aliphatic heterocycles. The number of fused-ring (bicyclic) bond motifs is 2. The van der Waals surface area contributed by atoms with Crippen LogP contribution < -0.4 is 0 Å². The molecule has 0 radical (unpaired) electrons. The van der Waals surface area contributed by atoms with Crippen molar-refractivity contribution >= 4 is 22.1 Å². The summed E-state index contributed by atoms with van der Waals surface area (Å²) in [6, 6.07) is 0. The molecule has 7 nitrogen and oxygen atoms in total. The maximum atomic E-state index is 14.0. The van der Waals surface area contributed by atoms with E-state index in [-0.39, 0.29) is 25.2 Å². The number of carbonyl (C=O) groups is 2. The molecule has 4 atom stereocenters. The molecule has 0 spiro atoms. The summed E-state index contributed by atoms with van der Waals surface area (Å²) in [7, 11) is -6.82. The molecule has 33 heavy (non-hydrogen) atoms. The Hall–Kier alpha value is -1.97. The first-order valence-corrected chi connectivity index (χ1v) is 10.7. The maximum absolute atomic E-state index is 14.0. The number of alkyl halides is 8. The number of ether oxygens (including phenoxy) is 2. The van der Waals surface area contributed by atoms with E-state index in [4.69, 9.17) is 4.55 Å². The van der Waals surface area contributed by atoms with Crippen LogP contribution in [0.15, 0.2) is 12.2 Å². The highest BCUT2D eigenvalue weighted by Crippen LogP contribution is 2.58. The smallest absolute Gasteiger partial charge is 0.454 e. The van der Waals surface area contributed by atoms with E-state index in [1.54, 1.807) is 0 Å². The lowest BCUT2D eigenvalue weighted by atomic mass is 9.76. The van der Waals surface area contributed by atoms with Gasteiger partial charge in [0.05, 0.1) is 0 Å². The maximum Gasteiger partial charge on any atom is 0.465 e. The molecule has 2 rings (SSSR count). The van der Waals surface area contributed by atoms with Crippen LogP contribution in [0.2, 0.25) is 0 Å². The van der Waals surface area contributed by atoms with Crippen molar-refractivity contribution < 1.29 is 67.2 Å². The molecule has 2 fully saturated rings. The minimum atomic E-state index is -6.82. The topological polar surface area (TPSA) is 107 Å². The molecule has 2 bridgehead atoms. The Morgan fingerprint density at radius 3 is 1.85 bits per heavy atom. The zero-order valence-corrected chi connectivity index (χ0v) is 17.5. The molecule has 0 saturated heterocycles. The Kier molecular flexibility index (Phi) is 6.91. The molecule has 4 unspecified atom stereocenters. The average molecular weight is 518 g/mol. The second-order valence-electron chi connectivity index (χ2n) is 8.06. The van der Waals surface area contributed by atoms with E-state index in [2.05, 4.69) is 16.1 Å². The van der Waals surface area contributed by atoms with Gasteiger partial charge in [0, 0.05) is 11.5 Å². The SMILES string of the molecule is C=C(C)C(=O)OC(C1CC2CCC1C2)C(OC(=O)C(F)(F)S(=O)(=O)O)(C(F)(F)F)C(F)(F)F. The number of rotatable bonds is 7. The molecule has 2 saturated carbocycles. The molecule has 0 aromatic heterocycles. The summed E-state index contributed by atoms with van der Waals surface area (Å²) >= 11 is 0. The highest BCUT2D eigenvalue weighted by Gasteiger charge is 2.82. The van der Waals surface area contributed by atoms with Crippen molar-refractivity contribution in [2.75, 3.05) is 0 Å². The molecule has 0 aromatic rings. The van der Waals surface area contributed by atoms with Gasteiger partial charge in [-0.15, -0.1) is 0 Å². The van der Waals surface area contributed by atoms with Crippen LogP contribution >= 0.6 is 0 Å². The minimum absolute atomic E-state index is 0.136. The Morgan fingerprint density at radius 2 is 1.52 bits per heavy atom. The monoisotopic (exact) mass is 518 g/mol. The molecular formula is C17H18F8O7S. The van der Waals surface area contributed by atoms with Crippen LogP contribution in [0.1, 0.15) is 32.6 Å². The van der Waals surface area contributed by atoms with Gasteiger partial charge in [-0.3, -0.25) is 4.55 Å². The van der Waals surface area contributed by atoms with E-state index in [0.29, 0.717) is 6.42 Å². The van der Waals surface area contributed by atoms with Crippen LogP contribution in [0.4, 0.5) is 35.1 Å². The summed E-state index contributed by atoms with van der Waals surface area (Å²) in [6.45, 7) is 3.93. The highest BCUT2D eigenvalue weighted by atomic mass is 32.2. The predicted octanol–water partition coefficient (Wildman–Crippen LogP) is 3.80. The summed E-state index contributed by atoms with van der Waals surface area (Å²) in [4.78, 5) is 23.6. The standard InChI is InChI=1S/C17H18F8O7S/c1-7(2)12(26)31-11(10-6-8-3-4-9(10)5-8)14(16(20,21)22,17(23,24)25)32-13(27)15(18,19)33(28,29)30/h8-11H,1,3-6H2,2H3,(H,28,29,30). The molecule has 16 heteroatoms. The summed E-state index contributed by atoms with van der Waals surface area (Å²) in [6.07, 6.45) is -16.4. The van der Waals surface area contributed by atoms with Gasteiger partial charge in [-0.05, 0) is 38.0 Å². The van der Waals surface area contributed by atoms with Crippen LogP contribution in [0, 0.1) is 17.8 Å². The van der Waals surface area contributed by atoms with Crippen molar-refractivity contribution in [3.63, 3.8) is 0 Å². The fraction of sp³-hybridized carbons (Fsp3) is 0.765. The van der Waals surface area contributed by atoms with Gasteiger partial charge in [-0.1, -0.05) is 13.0 Å². The van der Waals surface area contributed by atoms with E-state index in [9.17, 15) is 53.1 Å². The zero-order valence-electron chi connectivity index (χ0n) is 16.7. The third-order valence-electron chi connectivity index (χ3n) is 5.82. The first kappa shape index (κ1) is 27.3. The van der Waals surface area contributed by atoms with Gasteiger partial charge in [0.25, 0.3) is 0 Å². The third kappa shape index (κ3) is 4.68. The van der Waals surface area contributed by atoms with E-state index in [1.165, 1.54) is 0 Å². The van der Waals surface area contributed by atoms with E-state index in [1.807, 2.05) is 0 Å². The zero-order chi connectivity index (χ0) is 25.8. The van der Waals surface area contributed by atoms with Crippen LogP contribution in [0.5, 0.6) is 0 Å². The van der Waals surface area contributed by atoms with E-state index < -0.39 is 68.8 Å². The number of hydrogen-bond donors (Lipinski definition) is 1. The second kappa shape index (κ2) is 8.36. The fourth-order valence-corrected chi connectivity index (χ4v) is 4.57. The Morgan fingerprint density at radius 1 is 1.00 bits per heavy atom. The van der Waals surface area contributed by atoms with Crippen LogP contribution in [-0.4, -0.2) is 54.2 Å². The van der Waals surface area contributed by atoms with Crippen LogP contribution in [0.25, 0.3) is 0 Å². The van der Waals surface area contributed by atoms with Gasteiger partial charge in [0.15, 0.2) is 6.10 Å². The van der Waals surface area contributed by atoms with Gasteiger partial charge in [0.2, 0.25) is 0 Å². The molecule has 0 heterocycles. The molecule has 2 aliphatic rings. The van der Waals surface area contributed by atoms with Crippen molar-refractivity contribution in [3.8, 4) is 0 Å². The summed E-state index contributed by atoms with van der Waals surface area (Å²) in [5.74, 6) is -8.53. The Bertz CT molecular complexity index is 911. The summed E-state index contributed by atoms with van der Waals surface area (Å²) < 4.78 is 149. The molecule has 0 aromatic carbocycles. The van der Waals surface area contributed by atoms with Crippen molar-refractivity contribution in [2.24, 2.45) is 17.8 Å². The van der Waals surface area contributed by atoms with E-state index in [0.717, 1.165) is 6.92 Å². The number of hydrogen-bond acceptors (Lipinski definition) is 6. The minimum Gasteiger partial charge on any atom is -0.454 e. The van der Waals surface area contributed by atoms with E-state index >= 15 is 0 Å². The van der Waals surface area contributed by atoms with Gasteiger partial charge in [0.1, 0.15) is 0 Å². The molecule has 1 N–H and O–H groups in total.